The maximum atomic E-state index is 12.2. The molecule has 0 radical (unpaired) electrons. The second-order valence-corrected chi connectivity index (χ2v) is 5.77. The number of aliphatic imine (C=N–C) groups is 1. The molecule has 1 saturated carbocycles. The van der Waals surface area contributed by atoms with Crippen LogP contribution in [0.25, 0.3) is 0 Å². The van der Waals surface area contributed by atoms with Gasteiger partial charge in [-0.05, 0) is 43.7 Å². The molecule has 0 bridgehead atoms. The number of nitrogens with zero attached hydrogens (tertiary/aromatic N) is 2. The van der Waals surface area contributed by atoms with Gasteiger partial charge in [0.1, 0.15) is 5.75 Å². The molecule has 0 unspecified atom stereocenters. The fourth-order valence-electron chi connectivity index (χ4n) is 2.66. The number of nitrogens with two attached hydrogens (primary N) is 1. The Balaban J connectivity index is 1.86. The van der Waals surface area contributed by atoms with Gasteiger partial charge in [-0.25, -0.2) is 0 Å². The zero-order chi connectivity index (χ0) is 17.6. The lowest BCUT2D eigenvalue weighted by molar-refractivity contribution is -0.274. The fourth-order valence-corrected chi connectivity index (χ4v) is 2.66. The minimum Gasteiger partial charge on any atom is -0.406 e. The van der Waals surface area contributed by atoms with E-state index in [4.69, 9.17) is 11.0 Å². The molecule has 0 saturated heterocycles. The number of anilines is 1. The molecule has 5 nitrogen and oxygen atoms in total. The molecule has 1 aliphatic rings. The molecule has 8 heteroatoms. The monoisotopic (exact) mass is 340 g/mol. The van der Waals surface area contributed by atoms with Gasteiger partial charge >= 0.3 is 6.36 Å². The zero-order valence-electron chi connectivity index (χ0n) is 13.0. The van der Waals surface area contributed by atoms with Crippen LogP contribution in [0.3, 0.4) is 0 Å². The minimum absolute atomic E-state index is 0.136. The van der Waals surface area contributed by atoms with Gasteiger partial charge < -0.3 is 15.8 Å². The summed E-state index contributed by atoms with van der Waals surface area (Å²) in [6.45, 7) is 0.537. The lowest BCUT2D eigenvalue weighted by atomic mass is 9.83. The maximum Gasteiger partial charge on any atom is 0.573 e. The summed E-state index contributed by atoms with van der Waals surface area (Å²) in [5.41, 5.74) is 6.14. The lowest BCUT2D eigenvalue weighted by Crippen LogP contribution is -2.25. The van der Waals surface area contributed by atoms with Crippen molar-refractivity contribution in [1.82, 2.24) is 0 Å². The van der Waals surface area contributed by atoms with E-state index in [9.17, 15) is 13.2 Å². The first kappa shape index (κ1) is 17.9. The quantitative estimate of drug-likeness (QED) is 0.647. The Hall–Kier alpha value is -2.43. The molecule has 0 aromatic heterocycles. The highest BCUT2D eigenvalue weighted by Crippen LogP contribution is 2.28. The van der Waals surface area contributed by atoms with Gasteiger partial charge in [0.2, 0.25) is 0 Å². The molecule has 0 amide bonds. The van der Waals surface area contributed by atoms with Gasteiger partial charge in [-0.2, -0.15) is 5.26 Å². The highest BCUT2D eigenvalue weighted by atomic mass is 19.4. The van der Waals surface area contributed by atoms with Crippen molar-refractivity contribution in [2.24, 2.45) is 22.6 Å². The molecule has 0 aliphatic heterocycles. The number of nitrogens with one attached hydrogen (secondary N) is 1. The van der Waals surface area contributed by atoms with Gasteiger partial charge in [0.05, 0.1) is 6.07 Å². The summed E-state index contributed by atoms with van der Waals surface area (Å²) in [7, 11) is 0. The van der Waals surface area contributed by atoms with Crippen molar-refractivity contribution in [2.45, 2.75) is 32.0 Å². The van der Waals surface area contributed by atoms with Gasteiger partial charge in [-0.1, -0.05) is 6.07 Å². The predicted octanol–water partition coefficient (Wildman–Crippen LogP) is 3.64. The molecule has 2 rings (SSSR count). The lowest BCUT2D eigenvalue weighted by Gasteiger charge is -2.23. The van der Waals surface area contributed by atoms with Crippen LogP contribution in [0.15, 0.2) is 29.3 Å². The molecule has 24 heavy (non-hydrogen) atoms. The normalized spacial score (nSPS) is 21.8. The first-order valence-corrected chi connectivity index (χ1v) is 7.68. The number of alkyl halides is 3. The van der Waals surface area contributed by atoms with E-state index in [1.165, 1.54) is 18.2 Å². The summed E-state index contributed by atoms with van der Waals surface area (Å²) in [6.07, 6.45) is -1.12. The number of nitriles is 1. The molecular formula is C16H19F3N4O. The minimum atomic E-state index is -4.74. The molecule has 1 aliphatic carbocycles. The molecule has 3 N–H and O–H groups in total. The molecule has 130 valence electrons. The van der Waals surface area contributed by atoms with Crippen LogP contribution in [0.1, 0.15) is 25.7 Å². The van der Waals surface area contributed by atoms with Crippen LogP contribution in [-0.4, -0.2) is 18.9 Å². The Bertz CT molecular complexity index is 616. The van der Waals surface area contributed by atoms with Crippen molar-refractivity contribution in [3.63, 3.8) is 0 Å². The van der Waals surface area contributed by atoms with E-state index in [0.717, 1.165) is 25.7 Å². The topological polar surface area (TPSA) is 83.4 Å². The molecule has 1 aromatic rings. The molecular weight excluding hydrogens is 321 g/mol. The summed E-state index contributed by atoms with van der Waals surface area (Å²) in [6, 6.07) is 7.69. The van der Waals surface area contributed by atoms with Crippen molar-refractivity contribution >= 4 is 11.6 Å². The predicted molar refractivity (Wildman–Crippen MR) is 84.3 cm³/mol. The van der Waals surface area contributed by atoms with Crippen molar-refractivity contribution in [3.05, 3.63) is 24.3 Å². The van der Waals surface area contributed by atoms with E-state index in [2.05, 4.69) is 21.1 Å². The molecule has 0 heterocycles. The van der Waals surface area contributed by atoms with Gasteiger partial charge in [-0.15, -0.1) is 13.2 Å². The largest absolute Gasteiger partial charge is 0.573 e. The number of guanidine groups is 1. The Morgan fingerprint density at radius 2 is 2.04 bits per heavy atom. The third-order valence-corrected chi connectivity index (χ3v) is 3.89. The Morgan fingerprint density at radius 3 is 2.67 bits per heavy atom. The van der Waals surface area contributed by atoms with Crippen molar-refractivity contribution in [1.29, 1.82) is 5.26 Å². The summed E-state index contributed by atoms with van der Waals surface area (Å²) >= 11 is 0. The van der Waals surface area contributed by atoms with Crippen molar-refractivity contribution in [3.8, 4) is 11.8 Å². The summed E-state index contributed by atoms with van der Waals surface area (Å²) in [4.78, 5) is 4.24. The zero-order valence-corrected chi connectivity index (χ0v) is 13.0. The van der Waals surface area contributed by atoms with Crippen LogP contribution >= 0.6 is 0 Å². The standard InChI is InChI=1S/C16H19F3N4O/c17-16(18,19)24-14-3-1-2-13(8-14)23-15(21)22-10-12-6-4-11(9-20)5-7-12/h1-3,8,11-12H,4-7,10H2,(H3,21,22,23). The highest BCUT2D eigenvalue weighted by molar-refractivity contribution is 5.92. The van der Waals surface area contributed by atoms with E-state index in [-0.39, 0.29) is 17.6 Å². The fraction of sp³-hybridized carbons (Fsp3) is 0.500. The Kier molecular flexibility index (Phi) is 5.90. The Labute approximate surface area is 138 Å². The van der Waals surface area contributed by atoms with Crippen LogP contribution in [0.2, 0.25) is 0 Å². The first-order valence-electron chi connectivity index (χ1n) is 7.68. The summed E-state index contributed by atoms with van der Waals surface area (Å²) in [5.74, 6) is 0.337. The molecule has 0 spiro atoms. The Morgan fingerprint density at radius 1 is 1.33 bits per heavy atom. The second kappa shape index (κ2) is 7.90. The first-order chi connectivity index (χ1) is 11.4. The third kappa shape index (κ3) is 5.99. The SMILES string of the molecule is N#CC1CCC(CN=C(N)Nc2cccc(OC(F)(F)F)c2)CC1. The van der Waals surface area contributed by atoms with E-state index in [1.807, 2.05) is 0 Å². The molecule has 0 atom stereocenters. The van der Waals surface area contributed by atoms with Crippen molar-refractivity contribution in [2.75, 3.05) is 11.9 Å². The van der Waals surface area contributed by atoms with Gasteiger partial charge in [-0.3, -0.25) is 4.99 Å². The molecule has 1 fully saturated rings. The maximum absolute atomic E-state index is 12.2. The average molecular weight is 340 g/mol. The van der Waals surface area contributed by atoms with Crippen LogP contribution in [0, 0.1) is 23.2 Å². The van der Waals surface area contributed by atoms with Crippen LogP contribution in [0.5, 0.6) is 5.75 Å². The number of benzene rings is 1. The second-order valence-electron chi connectivity index (χ2n) is 5.77. The number of rotatable bonds is 4. The van der Waals surface area contributed by atoms with E-state index in [0.29, 0.717) is 18.2 Å². The highest BCUT2D eigenvalue weighted by Gasteiger charge is 2.31. The third-order valence-electron chi connectivity index (χ3n) is 3.89. The average Bonchev–Trinajstić information content (AvgIpc) is 2.52. The van der Waals surface area contributed by atoms with Crippen molar-refractivity contribution < 1.29 is 17.9 Å². The number of hydrogen-bond donors (Lipinski definition) is 2. The number of halogens is 3. The van der Waals surface area contributed by atoms with Gasteiger partial charge in [0.15, 0.2) is 5.96 Å². The molecule has 1 aromatic carbocycles. The van der Waals surface area contributed by atoms with Crippen LogP contribution < -0.4 is 15.8 Å². The van der Waals surface area contributed by atoms with E-state index >= 15 is 0 Å². The smallest absolute Gasteiger partial charge is 0.406 e. The van der Waals surface area contributed by atoms with Crippen LogP contribution in [-0.2, 0) is 0 Å². The van der Waals surface area contributed by atoms with Gasteiger partial charge in [0, 0.05) is 24.2 Å². The van der Waals surface area contributed by atoms with E-state index < -0.39 is 6.36 Å². The summed E-state index contributed by atoms with van der Waals surface area (Å²) in [5, 5.41) is 11.6. The number of hydrogen-bond acceptors (Lipinski definition) is 3. The number of ether oxygens (including phenoxy) is 1. The summed E-state index contributed by atoms with van der Waals surface area (Å²) < 4.78 is 40.5. The van der Waals surface area contributed by atoms with Crippen LogP contribution in [0.4, 0.5) is 18.9 Å². The van der Waals surface area contributed by atoms with Gasteiger partial charge in [0.25, 0.3) is 0 Å². The van der Waals surface area contributed by atoms with E-state index in [1.54, 1.807) is 6.07 Å².